The van der Waals surface area contributed by atoms with Crippen LogP contribution in [0.5, 0.6) is 0 Å². The Hall–Kier alpha value is -4.41. The summed E-state index contributed by atoms with van der Waals surface area (Å²) in [5.74, 6) is -2.58. The molecule has 0 unspecified atom stereocenters. The fraction of sp³-hybridized carbons (Fsp3) is 0.242. The van der Waals surface area contributed by atoms with Gasteiger partial charge in [0.25, 0.3) is 5.91 Å². The minimum atomic E-state index is -1.08. The van der Waals surface area contributed by atoms with Gasteiger partial charge in [0.2, 0.25) is 0 Å². The fourth-order valence-electron chi connectivity index (χ4n) is 5.10. The Balaban J connectivity index is 1.45. The third kappa shape index (κ3) is 6.41. The second-order valence-electron chi connectivity index (χ2n) is 10.3. The molecule has 1 aromatic heterocycles. The highest BCUT2D eigenvalue weighted by molar-refractivity contribution is 8.02. The molecule has 2 aliphatic rings. The van der Waals surface area contributed by atoms with Gasteiger partial charge in [-0.2, -0.15) is 0 Å². The van der Waals surface area contributed by atoms with Crippen LogP contribution in [0.3, 0.4) is 0 Å². The smallest absolute Gasteiger partial charge is 0.338 e. The number of amides is 1. The van der Waals surface area contributed by atoms with Gasteiger partial charge in [-0.15, -0.1) is 23.4 Å². The number of ether oxygens (including phenoxy) is 3. The number of carbonyl (C=O) groups is 4. The van der Waals surface area contributed by atoms with Crippen LogP contribution in [0, 0.1) is 0 Å². The summed E-state index contributed by atoms with van der Waals surface area (Å²) in [5, 5.41) is -0.551. The number of rotatable bonds is 11. The molecule has 5 rings (SSSR count). The highest BCUT2D eigenvalue weighted by Gasteiger charge is 2.64. The summed E-state index contributed by atoms with van der Waals surface area (Å²) in [7, 11) is 0. The Morgan fingerprint density at radius 3 is 2.34 bits per heavy atom. The van der Waals surface area contributed by atoms with Crippen molar-refractivity contribution < 1.29 is 33.4 Å². The topological polar surface area (TPSA) is 112 Å². The number of halogens is 1. The summed E-state index contributed by atoms with van der Waals surface area (Å²) in [6.07, 6.45) is 3.76. The average Bonchev–Trinajstić information content (AvgIpc) is 3.34. The van der Waals surface area contributed by atoms with Crippen LogP contribution in [0.25, 0.3) is 6.08 Å². The molecule has 0 saturated carbocycles. The quantitative estimate of drug-likeness (QED) is 0.0723. The molecule has 2 fully saturated rings. The molecule has 11 heteroatoms. The number of fused-ring (bicyclic) bond motifs is 1. The first-order valence-electron chi connectivity index (χ1n) is 13.7. The van der Waals surface area contributed by atoms with Gasteiger partial charge in [-0.3, -0.25) is 14.6 Å². The van der Waals surface area contributed by atoms with E-state index in [0.717, 1.165) is 11.1 Å². The number of thioether (sulfide) groups is 1. The number of carbonyl (C=O) groups excluding carboxylic acids is 4. The first-order valence-corrected chi connectivity index (χ1v) is 15.2. The van der Waals surface area contributed by atoms with E-state index >= 15 is 0 Å². The van der Waals surface area contributed by atoms with Crippen molar-refractivity contribution in [3.8, 4) is 0 Å². The average molecular weight is 633 g/mol. The number of hydrogen-bond donors (Lipinski definition) is 0. The van der Waals surface area contributed by atoms with Gasteiger partial charge in [0, 0.05) is 6.20 Å². The molecule has 0 spiro atoms. The summed E-state index contributed by atoms with van der Waals surface area (Å²) in [6, 6.07) is 20.6. The first-order chi connectivity index (χ1) is 21.3. The molecule has 3 aromatic rings. The van der Waals surface area contributed by atoms with Crippen molar-refractivity contribution in [1.29, 1.82) is 0 Å². The molecular formula is C33H29ClN2O7S. The van der Waals surface area contributed by atoms with Crippen LogP contribution in [0.15, 0.2) is 97.2 Å². The largest absolute Gasteiger partial charge is 0.463 e. The van der Waals surface area contributed by atoms with E-state index in [1.165, 1.54) is 41.1 Å². The Kier molecular flexibility index (Phi) is 9.51. The van der Waals surface area contributed by atoms with E-state index in [1.54, 1.807) is 13.0 Å². The van der Waals surface area contributed by atoms with Gasteiger partial charge in [0.1, 0.15) is 30.5 Å². The highest BCUT2D eigenvalue weighted by Crippen LogP contribution is 2.54. The van der Waals surface area contributed by atoms with Gasteiger partial charge < -0.3 is 19.1 Å². The van der Waals surface area contributed by atoms with E-state index < -0.39 is 46.1 Å². The van der Waals surface area contributed by atoms with Crippen molar-refractivity contribution in [3.05, 3.63) is 120 Å². The summed E-state index contributed by atoms with van der Waals surface area (Å²) >= 11 is 6.97. The molecular weight excluding hydrogens is 604 g/mol. The second kappa shape index (κ2) is 13.5. The molecule has 0 radical (unpaired) electrons. The number of alkyl halides is 1. The molecule has 9 nitrogen and oxygen atoms in total. The maximum Gasteiger partial charge on any atom is 0.338 e. The van der Waals surface area contributed by atoms with E-state index in [0.29, 0.717) is 11.3 Å². The van der Waals surface area contributed by atoms with Crippen molar-refractivity contribution >= 4 is 53.3 Å². The molecule has 2 aromatic carbocycles. The number of hydrogen-bond acceptors (Lipinski definition) is 9. The highest BCUT2D eigenvalue weighted by atomic mass is 35.5. The van der Waals surface area contributed by atoms with E-state index in [2.05, 4.69) is 11.6 Å². The number of esters is 3. The van der Waals surface area contributed by atoms with Crippen LogP contribution in [0.1, 0.15) is 40.2 Å². The molecule has 2 saturated heterocycles. The van der Waals surface area contributed by atoms with E-state index in [1.807, 2.05) is 60.7 Å². The molecule has 0 bridgehead atoms. The van der Waals surface area contributed by atoms with Crippen LogP contribution in [0.2, 0.25) is 0 Å². The molecule has 1 amide bonds. The molecule has 3 heterocycles. The number of pyridine rings is 1. The summed E-state index contributed by atoms with van der Waals surface area (Å²) in [6.45, 7) is 5.17. The SMILES string of the molecule is C=CCOC(=O)c1ccnc(/C=C2/C(=O)N3[C@@H]2S[C@@](C)(COC(=O)CCl)[C@@H]3C(=O)OC(c2ccccc2)c2ccccc2)c1. The molecule has 0 N–H and O–H groups in total. The van der Waals surface area contributed by atoms with Crippen LogP contribution in [-0.4, -0.2) is 69.0 Å². The molecule has 0 aliphatic carbocycles. The maximum absolute atomic E-state index is 14.1. The van der Waals surface area contributed by atoms with E-state index in [9.17, 15) is 19.2 Å². The fourth-order valence-corrected chi connectivity index (χ4v) is 6.78. The Morgan fingerprint density at radius 2 is 1.73 bits per heavy atom. The monoisotopic (exact) mass is 632 g/mol. The molecule has 3 atom stereocenters. The standard InChI is InChI=1S/C33H29ClN2O7S/c1-3-16-41-31(39)23-14-15-35-24(17-23)18-25-29(38)36-28(33(2,44-30(25)36)20-42-26(37)19-34)32(40)43-27(21-10-6-4-7-11-21)22-12-8-5-9-13-22/h3-15,17-18,27-28,30H,1,16,19-20H2,2H3/b25-18-/t28-,30+,33-/m0/s1. The van der Waals surface area contributed by atoms with Crippen molar-refractivity contribution in [2.45, 2.75) is 29.2 Å². The predicted octanol–water partition coefficient (Wildman–Crippen LogP) is 4.97. The van der Waals surface area contributed by atoms with Crippen molar-refractivity contribution in [3.63, 3.8) is 0 Å². The van der Waals surface area contributed by atoms with Gasteiger partial charge in [-0.05, 0) is 36.3 Å². The lowest BCUT2D eigenvalue weighted by molar-refractivity contribution is -0.162. The first kappa shape index (κ1) is 31.0. The van der Waals surface area contributed by atoms with Gasteiger partial charge in [-0.25, -0.2) is 9.59 Å². The van der Waals surface area contributed by atoms with Crippen LogP contribution in [0.4, 0.5) is 0 Å². The van der Waals surface area contributed by atoms with E-state index in [4.69, 9.17) is 25.8 Å². The maximum atomic E-state index is 14.1. The van der Waals surface area contributed by atoms with E-state index in [-0.39, 0.29) is 24.7 Å². The lowest BCUT2D eigenvalue weighted by Crippen LogP contribution is -2.60. The lowest BCUT2D eigenvalue weighted by Gasteiger charge is -2.40. The normalized spacial score (nSPS) is 21.4. The number of β-lactam (4-membered cyclic amide) rings is 1. The second-order valence-corrected chi connectivity index (χ2v) is 12.2. The van der Waals surface area contributed by atoms with Gasteiger partial charge in [-0.1, -0.05) is 73.3 Å². The summed E-state index contributed by atoms with van der Waals surface area (Å²) in [5.41, 5.74) is 2.54. The molecule has 226 valence electrons. The van der Waals surface area contributed by atoms with Crippen LogP contribution in [-0.2, 0) is 28.6 Å². The van der Waals surface area contributed by atoms with Crippen LogP contribution >= 0.6 is 23.4 Å². The minimum absolute atomic E-state index is 0.0590. The van der Waals surface area contributed by atoms with Crippen molar-refractivity contribution in [2.75, 3.05) is 19.1 Å². The summed E-state index contributed by atoms with van der Waals surface area (Å²) < 4.78 is 15.6. The number of nitrogens with zero attached hydrogens (tertiary/aromatic N) is 2. The Bertz CT molecular complexity index is 1560. The zero-order valence-electron chi connectivity index (χ0n) is 23.8. The van der Waals surface area contributed by atoms with Crippen LogP contribution < -0.4 is 0 Å². The van der Waals surface area contributed by atoms with Crippen molar-refractivity contribution in [2.24, 2.45) is 0 Å². The van der Waals surface area contributed by atoms with Gasteiger partial charge in [0.05, 0.1) is 21.6 Å². The lowest BCUT2D eigenvalue weighted by atomic mass is 9.93. The Labute approximate surface area is 263 Å². The zero-order valence-corrected chi connectivity index (χ0v) is 25.3. The predicted molar refractivity (Wildman–Crippen MR) is 166 cm³/mol. The summed E-state index contributed by atoms with van der Waals surface area (Å²) in [4.78, 5) is 57.7. The van der Waals surface area contributed by atoms with Gasteiger partial charge >= 0.3 is 17.9 Å². The molecule has 2 aliphatic heterocycles. The van der Waals surface area contributed by atoms with Gasteiger partial charge in [0.15, 0.2) is 6.10 Å². The van der Waals surface area contributed by atoms with Crippen molar-refractivity contribution in [1.82, 2.24) is 9.88 Å². The third-order valence-electron chi connectivity index (χ3n) is 7.18. The number of aromatic nitrogens is 1. The number of benzene rings is 2. The molecule has 44 heavy (non-hydrogen) atoms. The Morgan fingerprint density at radius 1 is 1.07 bits per heavy atom. The third-order valence-corrected chi connectivity index (χ3v) is 8.98. The zero-order chi connectivity index (χ0) is 31.3. The minimum Gasteiger partial charge on any atom is -0.463 e.